The molecule has 24 heavy (non-hydrogen) atoms. The van der Waals surface area contributed by atoms with E-state index in [1.54, 1.807) is 6.20 Å². The Kier molecular flexibility index (Phi) is 3.65. The maximum atomic E-state index is 12.1. The Labute approximate surface area is 139 Å². The van der Waals surface area contributed by atoms with Crippen LogP contribution in [-0.2, 0) is 0 Å². The monoisotopic (exact) mass is 321 g/mol. The van der Waals surface area contributed by atoms with Gasteiger partial charge in [0.1, 0.15) is 0 Å². The second kappa shape index (κ2) is 5.96. The van der Waals surface area contributed by atoms with E-state index in [2.05, 4.69) is 20.7 Å². The number of anilines is 1. The highest BCUT2D eigenvalue weighted by atomic mass is 16.1. The van der Waals surface area contributed by atoms with E-state index in [0.29, 0.717) is 11.6 Å². The van der Waals surface area contributed by atoms with Crippen molar-refractivity contribution in [1.82, 2.24) is 19.9 Å². The molecule has 4 rings (SSSR count). The lowest BCUT2D eigenvalue weighted by Crippen LogP contribution is -2.25. The summed E-state index contributed by atoms with van der Waals surface area (Å²) in [4.78, 5) is 16.6. The molecule has 0 spiro atoms. The predicted octanol–water partition coefficient (Wildman–Crippen LogP) is 2.72. The van der Waals surface area contributed by atoms with Crippen molar-refractivity contribution >= 4 is 17.2 Å². The van der Waals surface area contributed by atoms with Crippen molar-refractivity contribution < 1.29 is 4.79 Å². The number of hydrogen-bond donors (Lipinski definition) is 2. The Morgan fingerprint density at radius 1 is 1.25 bits per heavy atom. The van der Waals surface area contributed by atoms with Crippen LogP contribution in [0.5, 0.6) is 0 Å². The molecule has 1 fully saturated rings. The van der Waals surface area contributed by atoms with Crippen LogP contribution in [0.3, 0.4) is 0 Å². The van der Waals surface area contributed by atoms with Crippen LogP contribution in [0, 0.1) is 0 Å². The van der Waals surface area contributed by atoms with Gasteiger partial charge in [0.2, 0.25) is 0 Å². The van der Waals surface area contributed by atoms with Crippen LogP contribution in [0.1, 0.15) is 30.1 Å². The Hall–Kier alpha value is -2.89. The minimum Gasteiger partial charge on any atom is -0.382 e. The van der Waals surface area contributed by atoms with Crippen LogP contribution < -0.4 is 10.6 Å². The summed E-state index contributed by atoms with van der Waals surface area (Å²) in [7, 11) is 0. The molecule has 2 heterocycles. The fourth-order valence-corrected chi connectivity index (χ4v) is 2.71. The zero-order valence-electron chi connectivity index (χ0n) is 13.5. The molecule has 6 nitrogen and oxygen atoms in total. The molecule has 0 atom stereocenters. The summed E-state index contributed by atoms with van der Waals surface area (Å²) in [5.74, 6) is -0.00486. The first kappa shape index (κ1) is 14.7. The number of nitrogens with one attached hydrogen (secondary N) is 2. The van der Waals surface area contributed by atoms with Gasteiger partial charge in [0, 0.05) is 23.7 Å². The molecule has 1 aliphatic carbocycles. The van der Waals surface area contributed by atoms with E-state index in [1.165, 1.54) is 0 Å². The molecule has 0 saturated heterocycles. The SMILES string of the molecule is CCNc1ccnn2c(-c3ccc(C(=O)NC4CC4)cc3)cnc12. The Balaban J connectivity index is 1.64. The highest BCUT2D eigenvalue weighted by Gasteiger charge is 2.23. The highest BCUT2D eigenvalue weighted by Crippen LogP contribution is 2.24. The second-order valence-electron chi connectivity index (χ2n) is 5.98. The summed E-state index contributed by atoms with van der Waals surface area (Å²) in [6, 6.07) is 9.85. The van der Waals surface area contributed by atoms with Crippen molar-refractivity contribution in [2.24, 2.45) is 0 Å². The molecular formula is C18H19N5O. The average Bonchev–Trinajstić information content (AvgIpc) is 3.31. The number of carbonyl (C=O) groups excluding carboxylic acids is 1. The third kappa shape index (κ3) is 2.71. The number of hydrogen-bond acceptors (Lipinski definition) is 4. The highest BCUT2D eigenvalue weighted by molar-refractivity contribution is 5.95. The van der Waals surface area contributed by atoms with Gasteiger partial charge in [0.25, 0.3) is 5.91 Å². The van der Waals surface area contributed by atoms with Crippen molar-refractivity contribution in [2.75, 3.05) is 11.9 Å². The minimum atomic E-state index is -0.00486. The van der Waals surface area contributed by atoms with E-state index in [1.807, 2.05) is 48.0 Å². The molecule has 1 saturated carbocycles. The van der Waals surface area contributed by atoms with E-state index >= 15 is 0 Å². The van der Waals surface area contributed by atoms with Crippen LogP contribution >= 0.6 is 0 Å². The van der Waals surface area contributed by atoms with E-state index in [-0.39, 0.29) is 5.91 Å². The smallest absolute Gasteiger partial charge is 0.251 e. The zero-order chi connectivity index (χ0) is 16.5. The maximum absolute atomic E-state index is 12.1. The molecule has 6 heteroatoms. The van der Waals surface area contributed by atoms with Crippen molar-refractivity contribution in [2.45, 2.75) is 25.8 Å². The lowest BCUT2D eigenvalue weighted by molar-refractivity contribution is 0.0951. The first-order valence-corrected chi connectivity index (χ1v) is 8.24. The summed E-state index contributed by atoms with van der Waals surface area (Å²) in [6.07, 6.45) is 5.74. The molecule has 122 valence electrons. The summed E-state index contributed by atoms with van der Waals surface area (Å²) in [6.45, 7) is 2.87. The van der Waals surface area contributed by atoms with Gasteiger partial charge in [0.05, 0.1) is 23.8 Å². The van der Waals surface area contributed by atoms with Gasteiger partial charge in [-0.2, -0.15) is 5.10 Å². The van der Waals surface area contributed by atoms with Gasteiger partial charge in [-0.05, 0) is 38.0 Å². The second-order valence-corrected chi connectivity index (χ2v) is 5.98. The molecule has 0 bridgehead atoms. The first-order valence-electron chi connectivity index (χ1n) is 8.24. The Bertz CT molecular complexity index is 880. The molecule has 0 unspecified atom stereocenters. The van der Waals surface area contributed by atoms with Gasteiger partial charge < -0.3 is 10.6 Å². The fraction of sp³-hybridized carbons (Fsp3) is 0.278. The molecule has 0 radical (unpaired) electrons. The Morgan fingerprint density at radius 3 is 2.75 bits per heavy atom. The van der Waals surface area contributed by atoms with Gasteiger partial charge >= 0.3 is 0 Å². The third-order valence-electron chi connectivity index (χ3n) is 4.12. The average molecular weight is 321 g/mol. The lowest BCUT2D eigenvalue weighted by atomic mass is 10.1. The standard InChI is InChI=1S/C18H19N5O/c1-2-19-15-9-10-21-23-16(11-20-17(15)23)12-3-5-13(6-4-12)18(24)22-14-7-8-14/h3-6,9-11,14,19H,2,7-8H2,1H3,(H,22,24). The van der Waals surface area contributed by atoms with Crippen molar-refractivity contribution in [3.05, 3.63) is 48.3 Å². The topological polar surface area (TPSA) is 71.3 Å². The van der Waals surface area contributed by atoms with Crippen LogP contribution in [0.2, 0.25) is 0 Å². The number of fused-ring (bicyclic) bond motifs is 1. The normalized spacial score (nSPS) is 13.9. The van der Waals surface area contributed by atoms with Crippen molar-refractivity contribution in [3.63, 3.8) is 0 Å². The van der Waals surface area contributed by atoms with Crippen LogP contribution in [0.15, 0.2) is 42.7 Å². The molecule has 3 aromatic rings. The van der Waals surface area contributed by atoms with Gasteiger partial charge in [0.15, 0.2) is 5.65 Å². The van der Waals surface area contributed by atoms with Gasteiger partial charge in [-0.15, -0.1) is 0 Å². The molecule has 0 aliphatic heterocycles. The van der Waals surface area contributed by atoms with Crippen LogP contribution in [0.25, 0.3) is 16.9 Å². The molecule has 2 N–H and O–H groups in total. The van der Waals surface area contributed by atoms with E-state index in [9.17, 15) is 4.79 Å². The van der Waals surface area contributed by atoms with E-state index < -0.39 is 0 Å². The summed E-state index contributed by atoms with van der Waals surface area (Å²) >= 11 is 0. The minimum absolute atomic E-state index is 0.00486. The quantitative estimate of drug-likeness (QED) is 0.758. The molecular weight excluding hydrogens is 302 g/mol. The van der Waals surface area contributed by atoms with Crippen LogP contribution in [0.4, 0.5) is 5.69 Å². The number of amides is 1. The maximum Gasteiger partial charge on any atom is 0.251 e. The van der Waals surface area contributed by atoms with E-state index in [0.717, 1.165) is 42.0 Å². The van der Waals surface area contributed by atoms with Crippen molar-refractivity contribution in [1.29, 1.82) is 0 Å². The number of imidazole rings is 1. The molecule has 1 aliphatic rings. The van der Waals surface area contributed by atoms with Crippen LogP contribution in [-0.4, -0.2) is 33.1 Å². The molecule has 1 amide bonds. The molecule has 1 aromatic carbocycles. The largest absolute Gasteiger partial charge is 0.382 e. The predicted molar refractivity (Wildman–Crippen MR) is 93.1 cm³/mol. The zero-order valence-corrected chi connectivity index (χ0v) is 13.5. The third-order valence-corrected chi connectivity index (χ3v) is 4.12. The summed E-state index contributed by atoms with van der Waals surface area (Å²) in [5.41, 5.74) is 4.32. The number of aromatic nitrogens is 3. The Morgan fingerprint density at radius 2 is 2.04 bits per heavy atom. The number of benzene rings is 1. The number of rotatable bonds is 5. The number of carbonyl (C=O) groups is 1. The van der Waals surface area contributed by atoms with Gasteiger partial charge in [-0.3, -0.25) is 4.79 Å². The number of nitrogens with zero attached hydrogens (tertiary/aromatic N) is 3. The molecule has 2 aromatic heterocycles. The van der Waals surface area contributed by atoms with Gasteiger partial charge in [-0.25, -0.2) is 9.50 Å². The first-order chi connectivity index (χ1) is 11.8. The van der Waals surface area contributed by atoms with Crippen molar-refractivity contribution in [3.8, 4) is 11.3 Å². The van der Waals surface area contributed by atoms with Gasteiger partial charge in [-0.1, -0.05) is 12.1 Å². The van der Waals surface area contributed by atoms with E-state index in [4.69, 9.17) is 0 Å². The fourth-order valence-electron chi connectivity index (χ4n) is 2.71. The summed E-state index contributed by atoms with van der Waals surface area (Å²) in [5, 5.41) is 10.7. The summed E-state index contributed by atoms with van der Waals surface area (Å²) < 4.78 is 1.82. The lowest BCUT2D eigenvalue weighted by Gasteiger charge is -2.07.